The van der Waals surface area contributed by atoms with Gasteiger partial charge in [0.15, 0.2) is 40.5 Å². The van der Waals surface area contributed by atoms with E-state index in [4.69, 9.17) is 43.2 Å². The molecule has 8 heterocycles. The lowest BCUT2D eigenvalue weighted by Gasteiger charge is -2.10. The molecule has 0 aliphatic heterocycles. The van der Waals surface area contributed by atoms with Gasteiger partial charge in [0.2, 0.25) is 0 Å². The van der Waals surface area contributed by atoms with Crippen LogP contribution in [0.25, 0.3) is 232 Å². The van der Waals surface area contributed by atoms with Gasteiger partial charge in [0.05, 0.1) is 43.7 Å². The van der Waals surface area contributed by atoms with Gasteiger partial charge in [0, 0.05) is 97.2 Å². The second kappa shape index (κ2) is 26.2. The fourth-order valence-electron chi connectivity index (χ4n) is 16.8. The van der Waals surface area contributed by atoms with Crippen molar-refractivity contribution >= 4 is 141 Å². The molecule has 0 atom stereocenters. The van der Waals surface area contributed by atoms with Gasteiger partial charge in [-0.1, -0.05) is 267 Å². The van der Waals surface area contributed by atoms with Gasteiger partial charge in [-0.15, -0.1) is 11.3 Å². The zero-order valence-electron chi connectivity index (χ0n) is 60.9. The molecular formula is C102H60N8O3S. The van der Waals surface area contributed by atoms with Crippen LogP contribution in [0.5, 0.6) is 0 Å². The quantitative estimate of drug-likeness (QED) is 0.131. The summed E-state index contributed by atoms with van der Waals surface area (Å²) in [4.78, 5) is 30.2. The maximum absolute atomic E-state index is 7.01. The molecule has 0 unspecified atom stereocenters. The molecule has 0 aliphatic carbocycles. The molecule has 0 saturated heterocycles. The second-order valence-corrected chi connectivity index (χ2v) is 29.8. The zero-order valence-corrected chi connectivity index (χ0v) is 61.7. The van der Waals surface area contributed by atoms with Crippen LogP contribution in [0.4, 0.5) is 0 Å². The summed E-state index contributed by atoms with van der Waals surface area (Å²) < 4.78 is 26.4. The molecule has 0 N–H and O–H groups in total. The Morgan fingerprint density at radius 2 is 0.526 bits per heavy atom. The molecule has 8 aromatic heterocycles. The molecule has 0 amide bonds. The van der Waals surface area contributed by atoms with Crippen LogP contribution < -0.4 is 0 Å². The third-order valence-electron chi connectivity index (χ3n) is 22.1. The summed E-state index contributed by atoms with van der Waals surface area (Å²) in [5, 5.41) is 13.7. The van der Waals surface area contributed by atoms with E-state index in [0.29, 0.717) is 34.9 Å². The standard InChI is InChI=1S/C51H30N4O2.C51H30N4OS/c2*1-3-13-31(14-4-1)49-52-50(32-15-5-2-6-16-32)54-51(53-49)39-21-11-19-37-38-20-12-23-44(48(38)57-47(37)39)55-42-22-9-7-17-35(42)40-29-33(25-27-43(40)55)34-26-28-46-41(30-34)36-18-8-10-24-45(36)56-46/h2*1-30H. The molecular weight excluding hydrogens is 1420 g/mol. The van der Waals surface area contributed by atoms with E-state index in [1.165, 1.54) is 48.1 Å². The van der Waals surface area contributed by atoms with Gasteiger partial charge in [-0.05, 0) is 119 Å². The highest BCUT2D eigenvalue weighted by molar-refractivity contribution is 7.26. The normalized spacial score (nSPS) is 11.9. The number of thiophene rings is 1. The molecule has 0 saturated carbocycles. The average Bonchev–Trinajstić information content (AvgIpc) is 1.57. The van der Waals surface area contributed by atoms with Crippen molar-refractivity contribution in [1.82, 2.24) is 39.0 Å². The first kappa shape index (κ1) is 64.7. The minimum Gasteiger partial charge on any atom is -0.456 e. The van der Waals surface area contributed by atoms with Crippen LogP contribution in [0.1, 0.15) is 0 Å². The third kappa shape index (κ3) is 10.6. The summed E-state index contributed by atoms with van der Waals surface area (Å²) >= 11 is 1.80. The molecule has 0 aliphatic rings. The molecule has 0 radical (unpaired) electrons. The molecule has 12 heteroatoms. The van der Waals surface area contributed by atoms with Crippen LogP contribution in [0.3, 0.4) is 0 Å². The largest absolute Gasteiger partial charge is 0.456 e. The number of hydrogen-bond acceptors (Lipinski definition) is 10. The Morgan fingerprint density at radius 1 is 0.193 bits per heavy atom. The number of benzene rings is 16. The van der Waals surface area contributed by atoms with Gasteiger partial charge in [-0.2, -0.15) is 0 Å². The van der Waals surface area contributed by atoms with Crippen molar-refractivity contribution in [2.75, 3.05) is 0 Å². The van der Waals surface area contributed by atoms with E-state index in [-0.39, 0.29) is 0 Å². The molecule has 0 fully saturated rings. The molecule has 0 spiro atoms. The van der Waals surface area contributed by atoms with Crippen LogP contribution in [0.2, 0.25) is 0 Å². The van der Waals surface area contributed by atoms with Crippen LogP contribution >= 0.6 is 11.3 Å². The van der Waals surface area contributed by atoms with Gasteiger partial charge >= 0.3 is 0 Å². The number of aromatic nitrogens is 8. The number of hydrogen-bond donors (Lipinski definition) is 0. The summed E-state index contributed by atoms with van der Waals surface area (Å²) in [5.41, 5.74) is 21.9. The van der Waals surface area contributed by atoms with Gasteiger partial charge < -0.3 is 22.4 Å². The minimum atomic E-state index is 0.555. The number of furan rings is 3. The zero-order chi connectivity index (χ0) is 74.9. The van der Waals surface area contributed by atoms with Gasteiger partial charge in [-0.25, -0.2) is 29.9 Å². The maximum atomic E-state index is 7.01. The first-order valence-corrected chi connectivity index (χ1v) is 38.9. The van der Waals surface area contributed by atoms with Crippen molar-refractivity contribution in [3.63, 3.8) is 0 Å². The van der Waals surface area contributed by atoms with Crippen LogP contribution in [0.15, 0.2) is 377 Å². The minimum absolute atomic E-state index is 0.555. The van der Waals surface area contributed by atoms with E-state index in [0.717, 1.165) is 149 Å². The molecule has 24 rings (SSSR count). The Balaban J connectivity index is 0.000000135. The van der Waals surface area contributed by atoms with E-state index < -0.39 is 0 Å². The van der Waals surface area contributed by atoms with Crippen molar-refractivity contribution in [3.8, 4) is 102 Å². The fraction of sp³-hybridized carbons (Fsp3) is 0. The maximum Gasteiger partial charge on any atom is 0.167 e. The molecule has 532 valence electrons. The average molecular weight is 1480 g/mol. The Labute approximate surface area is 654 Å². The van der Waals surface area contributed by atoms with Crippen molar-refractivity contribution < 1.29 is 13.3 Å². The first-order chi connectivity index (χ1) is 56.5. The van der Waals surface area contributed by atoms with Gasteiger partial charge in [0.25, 0.3) is 0 Å². The topological polar surface area (TPSA) is 127 Å². The molecule has 114 heavy (non-hydrogen) atoms. The smallest absolute Gasteiger partial charge is 0.167 e. The lowest BCUT2D eigenvalue weighted by molar-refractivity contribution is 0.667. The fourth-order valence-corrected chi connectivity index (χ4v) is 18.1. The van der Waals surface area contributed by atoms with Crippen LogP contribution in [-0.2, 0) is 0 Å². The molecule has 16 aromatic carbocycles. The van der Waals surface area contributed by atoms with Crippen molar-refractivity contribution in [1.29, 1.82) is 0 Å². The van der Waals surface area contributed by atoms with Crippen molar-refractivity contribution in [2.45, 2.75) is 0 Å². The van der Waals surface area contributed by atoms with E-state index in [1.54, 1.807) is 11.3 Å². The lowest BCUT2D eigenvalue weighted by Crippen LogP contribution is -2.00. The summed E-state index contributed by atoms with van der Waals surface area (Å²) in [7, 11) is 0. The highest BCUT2D eigenvalue weighted by Crippen LogP contribution is 2.47. The summed E-state index contributed by atoms with van der Waals surface area (Å²) in [6, 6.07) is 127. The highest BCUT2D eigenvalue weighted by Gasteiger charge is 2.25. The Hall–Kier alpha value is -15.2. The number of nitrogens with zero attached hydrogens (tertiary/aromatic N) is 8. The second-order valence-electron chi connectivity index (χ2n) is 28.7. The molecule has 11 nitrogen and oxygen atoms in total. The first-order valence-electron chi connectivity index (χ1n) is 38.0. The Kier molecular flexibility index (Phi) is 14.9. The Bertz CT molecular complexity index is 7410. The van der Waals surface area contributed by atoms with E-state index >= 15 is 0 Å². The van der Waals surface area contributed by atoms with Gasteiger partial charge in [0.1, 0.15) is 27.9 Å². The number of para-hydroxylation sites is 6. The van der Waals surface area contributed by atoms with Crippen LogP contribution in [-0.4, -0.2) is 39.0 Å². The SMILES string of the molecule is c1ccc(-c2nc(-c3ccccc3)nc(-c3cccc4c3oc3c(-n5c6ccccc6c6cc(-c7ccc8oc9ccccc9c8c7)ccc65)cccc34)n2)cc1.c1ccc(-c2nc(-c3ccccc3)nc(-c3cccc4c3sc3c(-n5c6ccccc6c6cc(-c7ccc8oc9ccccc9c8c7)ccc65)cccc34)n2)cc1. The summed E-state index contributed by atoms with van der Waals surface area (Å²) in [6.07, 6.45) is 0. The lowest BCUT2D eigenvalue weighted by atomic mass is 10.0. The van der Waals surface area contributed by atoms with E-state index in [1.807, 2.05) is 127 Å². The van der Waals surface area contributed by atoms with Crippen molar-refractivity contribution in [3.05, 3.63) is 364 Å². The molecule has 0 bridgehead atoms. The van der Waals surface area contributed by atoms with Gasteiger partial charge in [-0.3, -0.25) is 0 Å². The van der Waals surface area contributed by atoms with E-state index in [9.17, 15) is 0 Å². The monoisotopic (exact) mass is 1480 g/mol. The Morgan fingerprint density at radius 3 is 1.02 bits per heavy atom. The van der Waals surface area contributed by atoms with Crippen LogP contribution in [0, 0.1) is 0 Å². The predicted octanol–water partition coefficient (Wildman–Crippen LogP) is 27.3. The predicted molar refractivity (Wildman–Crippen MR) is 467 cm³/mol. The van der Waals surface area contributed by atoms with E-state index in [2.05, 4.69) is 246 Å². The highest BCUT2D eigenvalue weighted by atomic mass is 32.1. The number of rotatable bonds is 10. The molecule has 24 aromatic rings. The summed E-state index contributed by atoms with van der Waals surface area (Å²) in [6.45, 7) is 0. The number of fused-ring (bicyclic) bond motifs is 18. The van der Waals surface area contributed by atoms with Crippen molar-refractivity contribution in [2.24, 2.45) is 0 Å². The third-order valence-corrected chi connectivity index (χ3v) is 23.4. The summed E-state index contributed by atoms with van der Waals surface area (Å²) in [5.74, 6) is 3.74.